The molecule has 0 N–H and O–H groups in total. The molecule has 2 atom stereocenters. The van der Waals surface area contributed by atoms with E-state index in [-0.39, 0.29) is 0 Å². The Morgan fingerprint density at radius 1 is 1.57 bits per heavy atom. The van der Waals surface area contributed by atoms with Crippen LogP contribution in [0.15, 0.2) is 0 Å². The molecular formula is C9H17ClO2S2. The Morgan fingerprint density at radius 3 is 2.71 bits per heavy atom. The minimum atomic E-state index is -2.74. The van der Waals surface area contributed by atoms with Gasteiger partial charge in [-0.3, -0.25) is 0 Å². The first-order valence-electron chi connectivity index (χ1n) is 4.84. The normalized spacial score (nSPS) is 27.7. The van der Waals surface area contributed by atoms with Gasteiger partial charge in [0.1, 0.15) is 0 Å². The van der Waals surface area contributed by atoms with E-state index in [4.69, 9.17) is 11.6 Å². The summed E-state index contributed by atoms with van der Waals surface area (Å²) in [5.74, 6) is 3.10. The maximum atomic E-state index is 11.3. The molecule has 2 unspecified atom stereocenters. The van der Waals surface area contributed by atoms with Gasteiger partial charge < -0.3 is 0 Å². The lowest BCUT2D eigenvalue weighted by Gasteiger charge is -2.19. The lowest BCUT2D eigenvalue weighted by atomic mass is 9.91. The summed E-state index contributed by atoms with van der Waals surface area (Å²) < 4.78 is 22.6. The van der Waals surface area contributed by atoms with Crippen molar-refractivity contribution in [2.24, 2.45) is 11.8 Å². The molecule has 84 valence electrons. The third-order valence-corrected chi connectivity index (χ3v) is 5.66. The van der Waals surface area contributed by atoms with Crippen molar-refractivity contribution in [1.82, 2.24) is 0 Å². The Balaban J connectivity index is 2.46. The number of halogens is 1. The highest BCUT2D eigenvalue weighted by atomic mass is 35.5. The topological polar surface area (TPSA) is 34.1 Å². The van der Waals surface area contributed by atoms with Crippen molar-refractivity contribution in [2.45, 2.75) is 12.8 Å². The van der Waals surface area contributed by atoms with Gasteiger partial charge in [-0.1, -0.05) is 0 Å². The summed E-state index contributed by atoms with van der Waals surface area (Å²) in [6.07, 6.45) is 3.93. The first kappa shape index (κ1) is 12.7. The Hall–Kier alpha value is 0.590. The van der Waals surface area contributed by atoms with Gasteiger partial charge in [0, 0.05) is 5.88 Å². The molecule has 1 aliphatic rings. The molecule has 0 aliphatic carbocycles. The summed E-state index contributed by atoms with van der Waals surface area (Å²) in [5, 5.41) is 0. The quantitative estimate of drug-likeness (QED) is 0.706. The van der Waals surface area contributed by atoms with E-state index in [9.17, 15) is 8.42 Å². The first-order chi connectivity index (χ1) is 6.59. The number of rotatable bonds is 5. The molecule has 1 saturated heterocycles. The number of alkyl halides is 1. The van der Waals surface area contributed by atoms with Crippen LogP contribution in [0.2, 0.25) is 0 Å². The van der Waals surface area contributed by atoms with Gasteiger partial charge in [0.15, 0.2) is 9.84 Å². The van der Waals surface area contributed by atoms with Crippen LogP contribution in [0.25, 0.3) is 0 Å². The molecule has 2 nitrogen and oxygen atoms in total. The molecule has 1 heterocycles. The first-order valence-corrected chi connectivity index (χ1v) is 8.59. The van der Waals surface area contributed by atoms with E-state index in [0.717, 1.165) is 18.6 Å². The standard InChI is InChI=1S/C9H17ClO2S2/c1-13-4-2-8(6-10)9-3-5-14(11,12)7-9/h8-9H,2-7H2,1H3. The second kappa shape index (κ2) is 5.61. The Bertz CT molecular complexity index is 264. The summed E-state index contributed by atoms with van der Waals surface area (Å²) in [4.78, 5) is 0. The van der Waals surface area contributed by atoms with Crippen LogP contribution in [0, 0.1) is 11.8 Å². The molecule has 0 radical (unpaired) electrons. The molecular weight excluding hydrogens is 240 g/mol. The van der Waals surface area contributed by atoms with E-state index in [1.54, 1.807) is 11.8 Å². The van der Waals surface area contributed by atoms with Crippen LogP contribution in [0.3, 0.4) is 0 Å². The third kappa shape index (κ3) is 3.63. The van der Waals surface area contributed by atoms with Crippen LogP contribution in [-0.2, 0) is 9.84 Å². The number of thioether (sulfide) groups is 1. The highest BCUT2D eigenvalue weighted by Gasteiger charge is 2.32. The van der Waals surface area contributed by atoms with Crippen molar-refractivity contribution in [3.63, 3.8) is 0 Å². The summed E-state index contributed by atoms with van der Waals surface area (Å²) in [5.41, 5.74) is 0. The van der Waals surface area contributed by atoms with Gasteiger partial charge in [-0.2, -0.15) is 11.8 Å². The molecule has 0 amide bonds. The second-order valence-corrected chi connectivity index (χ2v) is 7.38. The van der Waals surface area contributed by atoms with E-state index < -0.39 is 9.84 Å². The summed E-state index contributed by atoms with van der Waals surface area (Å²) in [6, 6.07) is 0. The van der Waals surface area contributed by atoms with Crippen LogP contribution in [0.4, 0.5) is 0 Å². The minimum absolute atomic E-state index is 0.310. The minimum Gasteiger partial charge on any atom is -0.229 e. The van der Waals surface area contributed by atoms with Crippen LogP contribution in [-0.4, -0.2) is 37.8 Å². The van der Waals surface area contributed by atoms with E-state index in [2.05, 4.69) is 6.26 Å². The SMILES string of the molecule is CSCCC(CCl)C1CCS(=O)(=O)C1. The van der Waals surface area contributed by atoms with E-state index in [1.807, 2.05) is 0 Å². The molecule has 1 aliphatic heterocycles. The predicted octanol–water partition coefficient (Wildman–Crippen LogP) is 2.03. The van der Waals surface area contributed by atoms with Gasteiger partial charge in [0.25, 0.3) is 0 Å². The molecule has 0 aromatic rings. The molecule has 1 fully saturated rings. The maximum absolute atomic E-state index is 11.3. The number of sulfone groups is 1. The fourth-order valence-corrected chi connectivity index (χ4v) is 4.77. The average molecular weight is 257 g/mol. The van der Waals surface area contributed by atoms with Gasteiger partial charge in [-0.25, -0.2) is 8.42 Å². The van der Waals surface area contributed by atoms with Crippen LogP contribution in [0.1, 0.15) is 12.8 Å². The zero-order valence-electron chi connectivity index (χ0n) is 8.41. The summed E-state index contributed by atoms with van der Waals surface area (Å²) in [7, 11) is -2.74. The van der Waals surface area contributed by atoms with Crippen molar-refractivity contribution in [2.75, 3.05) is 29.4 Å². The number of hydrogen-bond donors (Lipinski definition) is 0. The third-order valence-electron chi connectivity index (χ3n) is 2.83. The lowest BCUT2D eigenvalue weighted by molar-refractivity contribution is 0.392. The molecule has 0 saturated carbocycles. The molecule has 0 bridgehead atoms. The Morgan fingerprint density at radius 2 is 2.29 bits per heavy atom. The molecule has 14 heavy (non-hydrogen) atoms. The highest BCUT2D eigenvalue weighted by Crippen LogP contribution is 2.29. The van der Waals surface area contributed by atoms with Crippen LogP contribution < -0.4 is 0 Å². The fraction of sp³-hybridized carbons (Fsp3) is 1.00. The van der Waals surface area contributed by atoms with Gasteiger partial charge >= 0.3 is 0 Å². The van der Waals surface area contributed by atoms with Gasteiger partial charge in [0.2, 0.25) is 0 Å². The van der Waals surface area contributed by atoms with Crippen LogP contribution >= 0.6 is 23.4 Å². The zero-order valence-corrected chi connectivity index (χ0v) is 10.8. The highest BCUT2D eigenvalue weighted by molar-refractivity contribution is 7.98. The van der Waals surface area contributed by atoms with E-state index in [0.29, 0.717) is 29.2 Å². The summed E-state index contributed by atoms with van der Waals surface area (Å²) in [6.45, 7) is 0. The molecule has 0 aromatic carbocycles. The second-order valence-electron chi connectivity index (χ2n) is 3.86. The smallest absolute Gasteiger partial charge is 0.150 e. The Labute approximate surface area is 95.7 Å². The Kier molecular flexibility index (Phi) is 5.08. The van der Waals surface area contributed by atoms with E-state index in [1.165, 1.54) is 0 Å². The largest absolute Gasteiger partial charge is 0.229 e. The van der Waals surface area contributed by atoms with Gasteiger partial charge in [-0.05, 0) is 36.7 Å². The monoisotopic (exact) mass is 256 g/mol. The van der Waals surface area contributed by atoms with Crippen molar-refractivity contribution >= 4 is 33.2 Å². The molecule has 0 aromatic heterocycles. The fourth-order valence-electron chi connectivity index (χ4n) is 1.90. The predicted molar refractivity (Wildman–Crippen MR) is 64.0 cm³/mol. The lowest BCUT2D eigenvalue weighted by Crippen LogP contribution is -2.18. The van der Waals surface area contributed by atoms with Gasteiger partial charge in [-0.15, -0.1) is 11.6 Å². The number of hydrogen-bond acceptors (Lipinski definition) is 3. The van der Waals surface area contributed by atoms with Crippen molar-refractivity contribution < 1.29 is 8.42 Å². The average Bonchev–Trinajstić information content (AvgIpc) is 2.48. The van der Waals surface area contributed by atoms with Crippen molar-refractivity contribution in [3.05, 3.63) is 0 Å². The molecule has 1 rings (SSSR count). The molecule has 5 heteroatoms. The van der Waals surface area contributed by atoms with Gasteiger partial charge in [0.05, 0.1) is 11.5 Å². The molecule has 0 spiro atoms. The van der Waals surface area contributed by atoms with Crippen molar-refractivity contribution in [1.29, 1.82) is 0 Å². The zero-order chi connectivity index (χ0) is 10.6. The van der Waals surface area contributed by atoms with Crippen LogP contribution in [0.5, 0.6) is 0 Å². The van der Waals surface area contributed by atoms with Crippen molar-refractivity contribution in [3.8, 4) is 0 Å². The summed E-state index contributed by atoms with van der Waals surface area (Å²) >= 11 is 7.67. The van der Waals surface area contributed by atoms with E-state index >= 15 is 0 Å². The maximum Gasteiger partial charge on any atom is 0.150 e.